The highest BCUT2D eigenvalue weighted by molar-refractivity contribution is 6.03. The first-order valence-electron chi connectivity index (χ1n) is 6.91. The van der Waals surface area contributed by atoms with Gasteiger partial charge in [-0.2, -0.15) is 0 Å². The monoisotopic (exact) mass is 312 g/mol. The highest BCUT2D eigenvalue weighted by Crippen LogP contribution is 2.36. The van der Waals surface area contributed by atoms with Gasteiger partial charge < -0.3 is 14.9 Å². The summed E-state index contributed by atoms with van der Waals surface area (Å²) in [7, 11) is 0. The molecule has 0 aromatic heterocycles. The van der Waals surface area contributed by atoms with Crippen LogP contribution in [0.5, 0.6) is 11.5 Å². The number of phenols is 1. The van der Waals surface area contributed by atoms with Gasteiger partial charge in [0, 0.05) is 5.39 Å². The van der Waals surface area contributed by atoms with Crippen molar-refractivity contribution < 1.29 is 24.1 Å². The maximum atomic E-state index is 12.9. The Labute approximate surface area is 131 Å². The van der Waals surface area contributed by atoms with Crippen LogP contribution in [0.4, 0.5) is 4.39 Å². The molecule has 0 saturated carbocycles. The minimum atomic E-state index is -1.28. The van der Waals surface area contributed by atoms with Gasteiger partial charge >= 0.3 is 5.97 Å². The summed E-state index contributed by atoms with van der Waals surface area (Å²) in [5.41, 5.74) is 0.404. The van der Waals surface area contributed by atoms with Crippen LogP contribution >= 0.6 is 0 Å². The summed E-state index contributed by atoms with van der Waals surface area (Å²) in [6, 6.07) is 14.1. The Morgan fingerprint density at radius 1 is 1.09 bits per heavy atom. The minimum absolute atomic E-state index is 0.0635. The molecule has 0 bridgehead atoms. The number of halogens is 1. The van der Waals surface area contributed by atoms with Gasteiger partial charge in [0.05, 0.1) is 0 Å². The van der Waals surface area contributed by atoms with Crippen molar-refractivity contribution in [2.75, 3.05) is 0 Å². The van der Waals surface area contributed by atoms with Crippen molar-refractivity contribution in [1.29, 1.82) is 0 Å². The molecule has 0 spiro atoms. The van der Waals surface area contributed by atoms with E-state index in [1.165, 1.54) is 18.2 Å². The predicted octanol–water partition coefficient (Wildman–Crippen LogP) is 3.96. The molecule has 3 rings (SSSR count). The number of carboxylic acids is 1. The lowest BCUT2D eigenvalue weighted by Crippen LogP contribution is -2.05. The van der Waals surface area contributed by atoms with Gasteiger partial charge in [-0.25, -0.2) is 9.18 Å². The van der Waals surface area contributed by atoms with Gasteiger partial charge in [0.15, 0.2) is 0 Å². The van der Waals surface area contributed by atoms with Crippen LogP contribution in [0, 0.1) is 5.82 Å². The average Bonchev–Trinajstić information content (AvgIpc) is 2.53. The van der Waals surface area contributed by atoms with Crippen molar-refractivity contribution in [2.45, 2.75) is 6.61 Å². The van der Waals surface area contributed by atoms with Crippen LogP contribution in [0.25, 0.3) is 10.8 Å². The van der Waals surface area contributed by atoms with Crippen molar-refractivity contribution in [2.24, 2.45) is 0 Å². The number of aromatic carboxylic acids is 1. The summed E-state index contributed by atoms with van der Waals surface area (Å²) in [6.07, 6.45) is 0. The molecular formula is C18H13FO4. The molecule has 3 aromatic rings. The van der Waals surface area contributed by atoms with E-state index in [0.29, 0.717) is 16.3 Å². The lowest BCUT2D eigenvalue weighted by atomic mass is 10.0. The third-order valence-electron chi connectivity index (χ3n) is 3.49. The van der Waals surface area contributed by atoms with E-state index >= 15 is 0 Å². The van der Waals surface area contributed by atoms with E-state index in [4.69, 9.17) is 4.74 Å². The second kappa shape index (κ2) is 5.96. The molecule has 0 unspecified atom stereocenters. The van der Waals surface area contributed by atoms with Crippen LogP contribution in [0.15, 0.2) is 54.6 Å². The van der Waals surface area contributed by atoms with E-state index < -0.39 is 5.97 Å². The van der Waals surface area contributed by atoms with Crippen LogP contribution in [-0.4, -0.2) is 16.2 Å². The van der Waals surface area contributed by atoms with Gasteiger partial charge in [0.2, 0.25) is 0 Å². The van der Waals surface area contributed by atoms with E-state index in [9.17, 15) is 19.4 Å². The summed E-state index contributed by atoms with van der Waals surface area (Å²) in [6.45, 7) is 0.0635. The summed E-state index contributed by atoms with van der Waals surface area (Å²) in [4.78, 5) is 11.5. The molecular weight excluding hydrogens is 299 g/mol. The third-order valence-corrected chi connectivity index (χ3v) is 3.49. The molecule has 116 valence electrons. The highest BCUT2D eigenvalue weighted by Gasteiger charge is 2.20. The SMILES string of the molecule is O=C(O)c1c(O)cc2ccccc2c1OCc1ccc(F)cc1. The van der Waals surface area contributed by atoms with E-state index in [1.54, 1.807) is 36.4 Å². The smallest absolute Gasteiger partial charge is 0.343 e. The van der Waals surface area contributed by atoms with Gasteiger partial charge in [-0.3, -0.25) is 0 Å². The topological polar surface area (TPSA) is 66.8 Å². The standard InChI is InChI=1S/C18H13FO4/c19-13-7-5-11(6-8-13)10-23-17-14-4-2-1-3-12(14)9-15(20)16(17)18(21)22/h1-9,20H,10H2,(H,21,22). The molecule has 23 heavy (non-hydrogen) atoms. The normalized spacial score (nSPS) is 10.7. The van der Waals surface area contributed by atoms with Crippen LogP contribution < -0.4 is 4.74 Å². The Morgan fingerprint density at radius 3 is 2.48 bits per heavy atom. The fourth-order valence-corrected chi connectivity index (χ4v) is 2.39. The zero-order valence-electron chi connectivity index (χ0n) is 12.0. The first-order valence-corrected chi connectivity index (χ1v) is 6.91. The fourth-order valence-electron chi connectivity index (χ4n) is 2.39. The molecule has 0 aliphatic rings. The second-order valence-corrected chi connectivity index (χ2v) is 5.04. The molecule has 0 saturated heterocycles. The number of rotatable bonds is 4. The van der Waals surface area contributed by atoms with Crippen LogP contribution in [-0.2, 0) is 6.61 Å². The molecule has 0 heterocycles. The lowest BCUT2D eigenvalue weighted by Gasteiger charge is -2.14. The molecule has 0 aliphatic heterocycles. The van der Waals surface area contributed by atoms with Crippen molar-refractivity contribution in [3.05, 3.63) is 71.5 Å². The highest BCUT2D eigenvalue weighted by atomic mass is 19.1. The molecule has 0 radical (unpaired) electrons. The summed E-state index contributed by atoms with van der Waals surface area (Å²) in [5, 5.41) is 20.6. The van der Waals surface area contributed by atoms with E-state index in [1.807, 2.05) is 0 Å². The van der Waals surface area contributed by atoms with Gasteiger partial charge in [-0.15, -0.1) is 0 Å². The Morgan fingerprint density at radius 2 is 1.78 bits per heavy atom. The molecule has 0 amide bonds. The molecule has 5 heteroatoms. The maximum Gasteiger partial charge on any atom is 0.343 e. The minimum Gasteiger partial charge on any atom is -0.507 e. The van der Waals surface area contributed by atoms with E-state index in [0.717, 1.165) is 0 Å². The summed E-state index contributed by atoms with van der Waals surface area (Å²) >= 11 is 0. The Kier molecular flexibility index (Phi) is 3.85. The number of carbonyl (C=O) groups is 1. The molecule has 2 N–H and O–H groups in total. The largest absolute Gasteiger partial charge is 0.507 e. The molecule has 3 aromatic carbocycles. The Balaban J connectivity index is 2.05. The van der Waals surface area contributed by atoms with Crippen molar-refractivity contribution in [1.82, 2.24) is 0 Å². The second-order valence-electron chi connectivity index (χ2n) is 5.04. The molecule has 0 aliphatic carbocycles. The van der Waals surface area contributed by atoms with E-state index in [2.05, 4.69) is 0 Å². The summed E-state index contributed by atoms with van der Waals surface area (Å²) < 4.78 is 18.6. The van der Waals surface area contributed by atoms with Gasteiger partial charge in [0.1, 0.15) is 29.5 Å². The quantitative estimate of drug-likeness (QED) is 0.765. The predicted molar refractivity (Wildman–Crippen MR) is 83.3 cm³/mol. The number of hydrogen-bond acceptors (Lipinski definition) is 3. The lowest BCUT2D eigenvalue weighted by molar-refractivity contribution is 0.0689. The zero-order chi connectivity index (χ0) is 16.4. The first-order chi connectivity index (χ1) is 11.1. The molecule has 0 atom stereocenters. The number of fused-ring (bicyclic) bond motifs is 1. The molecule has 4 nitrogen and oxygen atoms in total. The Hall–Kier alpha value is -3.08. The van der Waals surface area contributed by atoms with E-state index in [-0.39, 0.29) is 29.5 Å². The van der Waals surface area contributed by atoms with Crippen LogP contribution in [0.2, 0.25) is 0 Å². The number of hydrogen-bond donors (Lipinski definition) is 2. The van der Waals surface area contributed by atoms with Crippen molar-refractivity contribution in [3.63, 3.8) is 0 Å². The zero-order valence-corrected chi connectivity index (χ0v) is 12.0. The van der Waals surface area contributed by atoms with Crippen molar-refractivity contribution >= 4 is 16.7 Å². The Bertz CT molecular complexity index is 872. The third kappa shape index (κ3) is 2.94. The number of benzene rings is 3. The molecule has 0 fully saturated rings. The number of aromatic hydroxyl groups is 1. The van der Waals surface area contributed by atoms with Crippen LogP contribution in [0.1, 0.15) is 15.9 Å². The van der Waals surface area contributed by atoms with Crippen molar-refractivity contribution in [3.8, 4) is 11.5 Å². The van der Waals surface area contributed by atoms with Gasteiger partial charge in [0.25, 0.3) is 0 Å². The number of ether oxygens (including phenoxy) is 1. The average molecular weight is 312 g/mol. The van der Waals surface area contributed by atoms with Gasteiger partial charge in [-0.1, -0.05) is 36.4 Å². The fraction of sp³-hybridized carbons (Fsp3) is 0.0556. The van der Waals surface area contributed by atoms with Gasteiger partial charge in [-0.05, 0) is 29.1 Å². The number of carboxylic acid groups (broad SMARTS) is 1. The summed E-state index contributed by atoms with van der Waals surface area (Å²) in [5.74, 6) is -1.90. The van der Waals surface area contributed by atoms with Crippen LogP contribution in [0.3, 0.4) is 0 Å². The maximum absolute atomic E-state index is 12.9. The first kappa shape index (κ1) is 14.8.